The van der Waals surface area contributed by atoms with Crippen LogP contribution in [0.5, 0.6) is 0 Å². The molecule has 0 heterocycles. The van der Waals surface area contributed by atoms with Crippen LogP contribution in [0.3, 0.4) is 0 Å². The van der Waals surface area contributed by atoms with E-state index in [-0.39, 0.29) is 34.4 Å². The highest BCUT2D eigenvalue weighted by atomic mass is 16.6. The summed E-state index contributed by atoms with van der Waals surface area (Å²) in [6, 6.07) is 0. The van der Waals surface area contributed by atoms with Crippen LogP contribution < -0.4 is 0 Å². The van der Waals surface area contributed by atoms with Crippen LogP contribution in [0.25, 0.3) is 0 Å². The number of fused-ring (bicyclic) bond motifs is 3. The van der Waals surface area contributed by atoms with E-state index in [0.717, 1.165) is 12.7 Å². The van der Waals surface area contributed by atoms with Gasteiger partial charge in [-0.25, -0.2) is 0 Å². The Labute approximate surface area is 172 Å². The van der Waals surface area contributed by atoms with Gasteiger partial charge in [0.05, 0.1) is 7.11 Å². The summed E-state index contributed by atoms with van der Waals surface area (Å²) in [6.07, 6.45) is 3.34. The summed E-state index contributed by atoms with van der Waals surface area (Å²) in [6.45, 7) is 9.19. The lowest BCUT2D eigenvalue weighted by molar-refractivity contribution is -0.206. The molecule has 6 heteroatoms. The number of carbonyl (C=O) groups excluding carboxylic acids is 4. The van der Waals surface area contributed by atoms with Crippen LogP contribution in [-0.4, -0.2) is 37.2 Å². The average Bonchev–Trinajstić information content (AvgIpc) is 2.94. The van der Waals surface area contributed by atoms with Crippen molar-refractivity contribution in [3.63, 3.8) is 0 Å². The van der Waals surface area contributed by atoms with Crippen LogP contribution >= 0.6 is 0 Å². The van der Waals surface area contributed by atoms with Crippen LogP contribution in [0.4, 0.5) is 0 Å². The summed E-state index contributed by atoms with van der Waals surface area (Å²) in [5, 5.41) is 0. The molecule has 0 bridgehead atoms. The molecule has 160 valence electrons. The molecule has 0 aromatic rings. The minimum absolute atomic E-state index is 0.0356. The number of aldehydes is 1. The van der Waals surface area contributed by atoms with E-state index in [1.807, 2.05) is 6.92 Å². The first kappa shape index (κ1) is 21.7. The predicted molar refractivity (Wildman–Crippen MR) is 106 cm³/mol. The third-order valence-corrected chi connectivity index (χ3v) is 8.40. The van der Waals surface area contributed by atoms with E-state index >= 15 is 0 Å². The highest BCUT2D eigenvalue weighted by Crippen LogP contribution is 2.69. The van der Waals surface area contributed by atoms with Gasteiger partial charge < -0.3 is 9.47 Å². The van der Waals surface area contributed by atoms with Gasteiger partial charge in [-0.05, 0) is 62.4 Å². The zero-order chi connectivity index (χ0) is 21.8. The maximum atomic E-state index is 13.0. The summed E-state index contributed by atoms with van der Waals surface area (Å²) in [4.78, 5) is 49.1. The standard InChI is InChI=1S/C23H32O6/c1-13(12-24)19-15(26)11-17-21(3)10-8-18(29-14(2)25)23(5,20(27)28-6)16(21)7-9-22(17,19)4/h12,16-18H,7-11H2,1-6H3. The van der Waals surface area contributed by atoms with Gasteiger partial charge in [-0.2, -0.15) is 0 Å². The van der Waals surface area contributed by atoms with Crippen molar-refractivity contribution in [1.29, 1.82) is 0 Å². The summed E-state index contributed by atoms with van der Waals surface area (Å²) >= 11 is 0. The van der Waals surface area contributed by atoms with Crippen molar-refractivity contribution in [3.05, 3.63) is 11.1 Å². The van der Waals surface area contributed by atoms with E-state index in [1.54, 1.807) is 6.92 Å². The fourth-order valence-electron chi connectivity index (χ4n) is 7.19. The molecule has 0 aliphatic heterocycles. The molecule has 3 aliphatic carbocycles. The molecule has 6 nitrogen and oxygen atoms in total. The SMILES string of the molecule is COC(=O)C1(C)C(OC(C)=O)CCC2(C)C3CC(=O)C(=C(C)C=O)C3(C)CCC21. The highest BCUT2D eigenvalue weighted by molar-refractivity contribution is 6.04. The van der Waals surface area contributed by atoms with E-state index < -0.39 is 17.5 Å². The highest BCUT2D eigenvalue weighted by Gasteiger charge is 2.68. The van der Waals surface area contributed by atoms with Gasteiger partial charge >= 0.3 is 11.9 Å². The van der Waals surface area contributed by atoms with Crippen molar-refractivity contribution < 1.29 is 28.7 Å². The Morgan fingerprint density at radius 2 is 1.72 bits per heavy atom. The number of carbonyl (C=O) groups is 4. The molecule has 3 saturated carbocycles. The monoisotopic (exact) mass is 404 g/mol. The van der Waals surface area contributed by atoms with Crippen molar-refractivity contribution in [2.24, 2.45) is 28.1 Å². The Morgan fingerprint density at radius 3 is 2.28 bits per heavy atom. The molecule has 0 spiro atoms. The van der Waals surface area contributed by atoms with Gasteiger partial charge in [0, 0.05) is 24.3 Å². The number of rotatable bonds is 3. The predicted octanol–water partition coefficient (Wildman–Crippen LogP) is 3.42. The summed E-state index contributed by atoms with van der Waals surface area (Å²) < 4.78 is 10.8. The first-order chi connectivity index (χ1) is 13.5. The zero-order valence-electron chi connectivity index (χ0n) is 18.3. The Bertz CT molecular complexity index is 797. The van der Waals surface area contributed by atoms with E-state index in [9.17, 15) is 19.2 Å². The first-order valence-electron chi connectivity index (χ1n) is 10.4. The van der Waals surface area contributed by atoms with Crippen LogP contribution in [0.1, 0.15) is 66.7 Å². The summed E-state index contributed by atoms with van der Waals surface area (Å²) in [5.41, 5.74) is -0.458. The van der Waals surface area contributed by atoms with Crippen molar-refractivity contribution in [1.82, 2.24) is 0 Å². The van der Waals surface area contributed by atoms with E-state index in [0.29, 0.717) is 36.8 Å². The third kappa shape index (κ3) is 2.89. The Morgan fingerprint density at radius 1 is 1.07 bits per heavy atom. The molecule has 0 aromatic heterocycles. The van der Waals surface area contributed by atoms with Crippen LogP contribution in [0, 0.1) is 28.1 Å². The Kier molecular flexibility index (Phi) is 5.29. The minimum Gasteiger partial charge on any atom is -0.468 e. The smallest absolute Gasteiger partial charge is 0.315 e. The molecule has 3 aliphatic rings. The number of allylic oxidation sites excluding steroid dienone is 2. The van der Waals surface area contributed by atoms with Crippen molar-refractivity contribution >= 4 is 24.0 Å². The fraction of sp³-hybridized carbons (Fsp3) is 0.739. The number of esters is 2. The molecule has 0 saturated heterocycles. The third-order valence-electron chi connectivity index (χ3n) is 8.40. The molecule has 0 aromatic carbocycles. The Balaban J connectivity index is 2.10. The van der Waals surface area contributed by atoms with E-state index in [4.69, 9.17) is 9.47 Å². The topological polar surface area (TPSA) is 86.7 Å². The fourth-order valence-corrected chi connectivity index (χ4v) is 7.19. The number of ether oxygens (including phenoxy) is 2. The van der Waals surface area contributed by atoms with Gasteiger partial charge in [0.1, 0.15) is 17.8 Å². The van der Waals surface area contributed by atoms with Crippen molar-refractivity contribution in [3.8, 4) is 0 Å². The number of hydrogen-bond donors (Lipinski definition) is 0. The molecule has 6 atom stereocenters. The van der Waals surface area contributed by atoms with Crippen LogP contribution in [0.15, 0.2) is 11.1 Å². The number of ketones is 1. The second-order valence-electron chi connectivity index (χ2n) is 9.78. The van der Waals surface area contributed by atoms with Gasteiger partial charge in [-0.3, -0.25) is 19.2 Å². The molecular formula is C23H32O6. The second-order valence-corrected chi connectivity index (χ2v) is 9.78. The maximum absolute atomic E-state index is 13.0. The first-order valence-corrected chi connectivity index (χ1v) is 10.4. The molecule has 3 fully saturated rings. The number of Topliss-reactive ketones (excluding diaryl/α,β-unsaturated/α-hetero) is 1. The lowest BCUT2D eigenvalue weighted by Crippen LogP contribution is -2.62. The lowest BCUT2D eigenvalue weighted by atomic mass is 9.42. The number of hydrogen-bond acceptors (Lipinski definition) is 6. The second kappa shape index (κ2) is 7.06. The molecule has 29 heavy (non-hydrogen) atoms. The van der Waals surface area contributed by atoms with Gasteiger partial charge in [0.25, 0.3) is 0 Å². The molecule has 6 unspecified atom stereocenters. The van der Waals surface area contributed by atoms with Gasteiger partial charge in [-0.15, -0.1) is 0 Å². The normalized spacial score (nSPS) is 43.1. The van der Waals surface area contributed by atoms with Crippen LogP contribution in [-0.2, 0) is 28.7 Å². The summed E-state index contributed by atoms with van der Waals surface area (Å²) in [5.74, 6) is -0.772. The molecular weight excluding hydrogens is 372 g/mol. The van der Waals surface area contributed by atoms with Gasteiger partial charge in [-0.1, -0.05) is 13.8 Å². The maximum Gasteiger partial charge on any atom is 0.315 e. The summed E-state index contributed by atoms with van der Waals surface area (Å²) in [7, 11) is 1.37. The van der Waals surface area contributed by atoms with Crippen LogP contribution in [0.2, 0.25) is 0 Å². The van der Waals surface area contributed by atoms with Crippen molar-refractivity contribution in [2.75, 3.05) is 7.11 Å². The van der Waals surface area contributed by atoms with Gasteiger partial charge in [0.15, 0.2) is 5.78 Å². The Hall–Kier alpha value is -1.98. The minimum atomic E-state index is -0.968. The molecule has 0 amide bonds. The van der Waals surface area contributed by atoms with Gasteiger partial charge in [0.2, 0.25) is 0 Å². The zero-order valence-corrected chi connectivity index (χ0v) is 18.3. The molecule has 0 radical (unpaired) electrons. The van der Waals surface area contributed by atoms with E-state index in [2.05, 4.69) is 13.8 Å². The quantitative estimate of drug-likeness (QED) is 0.407. The number of methoxy groups -OCH3 is 1. The largest absolute Gasteiger partial charge is 0.468 e. The van der Waals surface area contributed by atoms with Crippen molar-refractivity contribution in [2.45, 2.75) is 72.8 Å². The average molecular weight is 405 g/mol. The van der Waals surface area contributed by atoms with E-state index in [1.165, 1.54) is 14.0 Å². The molecule has 3 rings (SSSR count). The molecule has 0 N–H and O–H groups in total. The lowest BCUT2D eigenvalue weighted by Gasteiger charge is -2.61.